The Kier molecular flexibility index (Phi) is 4.01. The quantitative estimate of drug-likeness (QED) is 0.789. The SMILES string of the molecule is CC(C)Oc1cc2c(N3C[C@H]4NC(=O)O[C@H]4[C@H]3F)ccnc2cc1C(N)=O. The molecule has 142 valence electrons. The van der Waals surface area contributed by atoms with Crippen molar-refractivity contribution in [1.29, 1.82) is 0 Å². The number of aromatic nitrogens is 1. The highest BCUT2D eigenvalue weighted by atomic mass is 19.1. The van der Waals surface area contributed by atoms with E-state index >= 15 is 0 Å². The minimum absolute atomic E-state index is 0.177. The van der Waals surface area contributed by atoms with Gasteiger partial charge in [0.2, 0.25) is 6.30 Å². The first-order chi connectivity index (χ1) is 12.8. The van der Waals surface area contributed by atoms with Gasteiger partial charge in [-0.3, -0.25) is 9.78 Å². The Morgan fingerprint density at radius 3 is 2.93 bits per heavy atom. The summed E-state index contributed by atoms with van der Waals surface area (Å²) in [6, 6.07) is 4.45. The molecule has 27 heavy (non-hydrogen) atoms. The van der Waals surface area contributed by atoms with Gasteiger partial charge < -0.3 is 25.4 Å². The summed E-state index contributed by atoms with van der Waals surface area (Å²) in [7, 11) is 0. The first-order valence-electron chi connectivity index (χ1n) is 8.62. The van der Waals surface area contributed by atoms with Gasteiger partial charge in [0.05, 0.1) is 28.9 Å². The number of halogens is 1. The predicted octanol–water partition coefficient (Wildman–Crippen LogP) is 1.71. The molecular weight excluding hydrogens is 355 g/mol. The fraction of sp³-hybridized carbons (Fsp3) is 0.389. The highest BCUT2D eigenvalue weighted by molar-refractivity contribution is 6.02. The standard InChI is InChI=1S/C18H19FN4O4/c1-8(2)26-14-6-9-11(5-10(14)17(20)24)21-4-3-13(9)23-7-12-15(16(23)19)27-18(25)22-12/h3-6,8,12,15-16H,7H2,1-2H3,(H2,20,24)(H,22,25)/t12-,15-,16+/m1/s1. The van der Waals surface area contributed by atoms with Crippen LogP contribution in [-0.2, 0) is 4.74 Å². The Bertz CT molecular complexity index is 935. The number of nitrogens with two attached hydrogens (primary N) is 1. The van der Waals surface area contributed by atoms with E-state index in [4.69, 9.17) is 15.2 Å². The summed E-state index contributed by atoms with van der Waals surface area (Å²) in [6.45, 7) is 3.92. The summed E-state index contributed by atoms with van der Waals surface area (Å²) in [5.41, 5.74) is 6.74. The third-order valence-electron chi connectivity index (χ3n) is 4.66. The molecule has 9 heteroatoms. The molecule has 0 spiro atoms. The minimum Gasteiger partial charge on any atom is -0.490 e. The average Bonchev–Trinajstić information content (AvgIpc) is 3.10. The van der Waals surface area contributed by atoms with Crippen molar-refractivity contribution < 1.29 is 23.5 Å². The summed E-state index contributed by atoms with van der Waals surface area (Å²) in [4.78, 5) is 28.9. The monoisotopic (exact) mass is 374 g/mol. The average molecular weight is 374 g/mol. The molecule has 8 nitrogen and oxygen atoms in total. The van der Waals surface area contributed by atoms with Gasteiger partial charge in [0.25, 0.3) is 5.91 Å². The third-order valence-corrected chi connectivity index (χ3v) is 4.66. The van der Waals surface area contributed by atoms with Crippen LogP contribution in [0.15, 0.2) is 24.4 Å². The number of primary amides is 1. The van der Waals surface area contributed by atoms with Gasteiger partial charge in [0.15, 0.2) is 6.10 Å². The summed E-state index contributed by atoms with van der Waals surface area (Å²) in [6.07, 6.45) is -1.61. The zero-order valence-electron chi connectivity index (χ0n) is 14.8. The maximum Gasteiger partial charge on any atom is 0.408 e. The lowest BCUT2D eigenvalue weighted by molar-refractivity contribution is 0.0911. The minimum atomic E-state index is -1.50. The molecule has 3 heterocycles. The number of anilines is 1. The predicted molar refractivity (Wildman–Crippen MR) is 95.5 cm³/mol. The fourth-order valence-corrected chi connectivity index (χ4v) is 3.54. The molecule has 0 radical (unpaired) electrons. The molecule has 4 rings (SSSR count). The van der Waals surface area contributed by atoms with Gasteiger partial charge in [0, 0.05) is 18.1 Å². The van der Waals surface area contributed by atoms with Crippen molar-refractivity contribution in [1.82, 2.24) is 10.3 Å². The zero-order valence-corrected chi connectivity index (χ0v) is 14.8. The molecule has 3 atom stereocenters. The number of amides is 2. The number of alkyl carbamates (subject to hydrolysis) is 1. The first-order valence-corrected chi connectivity index (χ1v) is 8.62. The van der Waals surface area contributed by atoms with Crippen molar-refractivity contribution in [2.24, 2.45) is 5.73 Å². The normalized spacial score (nSPS) is 24.1. The first kappa shape index (κ1) is 17.3. The van der Waals surface area contributed by atoms with Crippen LogP contribution in [0.3, 0.4) is 0 Å². The number of nitrogens with one attached hydrogen (secondary N) is 1. The van der Waals surface area contributed by atoms with E-state index in [2.05, 4.69) is 10.3 Å². The van der Waals surface area contributed by atoms with Gasteiger partial charge >= 0.3 is 6.09 Å². The van der Waals surface area contributed by atoms with E-state index in [0.717, 1.165) is 0 Å². The topological polar surface area (TPSA) is 107 Å². The second-order valence-corrected chi connectivity index (χ2v) is 6.87. The van der Waals surface area contributed by atoms with Crippen LogP contribution in [0.2, 0.25) is 0 Å². The molecule has 1 aromatic carbocycles. The lowest BCUT2D eigenvalue weighted by Crippen LogP contribution is -2.33. The maximum atomic E-state index is 14.9. The van der Waals surface area contributed by atoms with Gasteiger partial charge in [-0.05, 0) is 32.0 Å². The molecule has 2 fully saturated rings. The Morgan fingerprint density at radius 2 is 2.26 bits per heavy atom. The lowest BCUT2D eigenvalue weighted by atomic mass is 10.1. The van der Waals surface area contributed by atoms with Crippen LogP contribution in [-0.4, -0.2) is 48.1 Å². The molecule has 2 aliphatic heterocycles. The van der Waals surface area contributed by atoms with E-state index in [9.17, 15) is 14.0 Å². The number of pyridine rings is 1. The van der Waals surface area contributed by atoms with Crippen LogP contribution in [0.25, 0.3) is 10.9 Å². The second-order valence-electron chi connectivity index (χ2n) is 6.87. The van der Waals surface area contributed by atoms with Gasteiger partial charge in [-0.15, -0.1) is 0 Å². The van der Waals surface area contributed by atoms with Crippen molar-refractivity contribution in [2.45, 2.75) is 38.4 Å². The van der Waals surface area contributed by atoms with E-state index in [1.54, 1.807) is 18.2 Å². The number of fused-ring (bicyclic) bond motifs is 2. The molecule has 2 amide bonds. The van der Waals surface area contributed by atoms with Crippen molar-refractivity contribution in [3.8, 4) is 5.75 Å². The van der Waals surface area contributed by atoms with E-state index in [1.807, 2.05) is 13.8 Å². The lowest BCUT2D eigenvalue weighted by Gasteiger charge is -2.24. The Balaban J connectivity index is 1.80. The number of hydrogen-bond donors (Lipinski definition) is 2. The third kappa shape index (κ3) is 2.88. The molecule has 2 saturated heterocycles. The van der Waals surface area contributed by atoms with Crippen molar-refractivity contribution >= 4 is 28.6 Å². The van der Waals surface area contributed by atoms with Gasteiger partial charge in [-0.2, -0.15) is 0 Å². The number of benzene rings is 1. The highest BCUT2D eigenvalue weighted by Gasteiger charge is 2.50. The molecule has 0 bridgehead atoms. The molecule has 2 aliphatic rings. The largest absolute Gasteiger partial charge is 0.490 e. The number of nitrogens with zero attached hydrogens (tertiary/aromatic N) is 2. The molecule has 3 N–H and O–H groups in total. The molecule has 1 aromatic heterocycles. The van der Waals surface area contributed by atoms with Crippen molar-refractivity contribution in [3.63, 3.8) is 0 Å². The Labute approximate surface area is 154 Å². The van der Waals surface area contributed by atoms with Crippen LogP contribution in [0.5, 0.6) is 5.75 Å². The zero-order chi connectivity index (χ0) is 19.3. The second kappa shape index (κ2) is 6.26. The van der Waals surface area contributed by atoms with Crippen molar-refractivity contribution in [2.75, 3.05) is 11.4 Å². The van der Waals surface area contributed by atoms with E-state index in [1.165, 1.54) is 11.1 Å². The summed E-state index contributed by atoms with van der Waals surface area (Å²) >= 11 is 0. The number of carbonyl (C=O) groups excluding carboxylic acids is 2. The summed E-state index contributed by atoms with van der Waals surface area (Å²) in [5.74, 6) is -0.312. The summed E-state index contributed by atoms with van der Waals surface area (Å²) < 4.78 is 25.7. The molecule has 0 saturated carbocycles. The van der Waals surface area contributed by atoms with Crippen LogP contribution < -0.4 is 20.7 Å². The number of alkyl halides is 1. The smallest absolute Gasteiger partial charge is 0.408 e. The van der Waals surface area contributed by atoms with Crippen LogP contribution in [0, 0.1) is 0 Å². The Hall–Kier alpha value is -3.10. The number of ether oxygens (including phenoxy) is 2. The van der Waals surface area contributed by atoms with Gasteiger partial charge in [-0.25, -0.2) is 9.18 Å². The van der Waals surface area contributed by atoms with Crippen molar-refractivity contribution in [3.05, 3.63) is 30.0 Å². The van der Waals surface area contributed by atoms with Crippen LogP contribution in [0.1, 0.15) is 24.2 Å². The highest BCUT2D eigenvalue weighted by Crippen LogP contribution is 2.37. The Morgan fingerprint density at radius 1 is 1.48 bits per heavy atom. The van der Waals surface area contributed by atoms with E-state index in [-0.39, 0.29) is 18.2 Å². The number of carbonyl (C=O) groups is 2. The molecule has 0 unspecified atom stereocenters. The number of hydrogen-bond acceptors (Lipinski definition) is 6. The maximum absolute atomic E-state index is 14.9. The summed E-state index contributed by atoms with van der Waals surface area (Å²) in [5, 5.41) is 3.23. The molecular formula is C18H19FN4O4. The number of rotatable bonds is 4. The van der Waals surface area contributed by atoms with Gasteiger partial charge in [-0.1, -0.05) is 0 Å². The van der Waals surface area contributed by atoms with Gasteiger partial charge in [0.1, 0.15) is 5.75 Å². The van der Waals surface area contributed by atoms with E-state index < -0.39 is 30.4 Å². The molecule has 0 aliphatic carbocycles. The van der Waals surface area contributed by atoms with Crippen LogP contribution >= 0.6 is 0 Å². The van der Waals surface area contributed by atoms with Crippen LogP contribution in [0.4, 0.5) is 14.9 Å². The van der Waals surface area contributed by atoms with E-state index in [0.29, 0.717) is 22.3 Å². The molecule has 2 aromatic rings. The fourth-order valence-electron chi connectivity index (χ4n) is 3.54.